The highest BCUT2D eigenvalue weighted by Gasteiger charge is 2.33. The van der Waals surface area contributed by atoms with Crippen molar-refractivity contribution in [1.82, 2.24) is 4.57 Å². The lowest BCUT2D eigenvalue weighted by atomic mass is 9.85. The van der Waals surface area contributed by atoms with Gasteiger partial charge in [-0.05, 0) is 75.7 Å². The summed E-state index contributed by atoms with van der Waals surface area (Å²) in [6, 6.07) is 15.0. The molecule has 4 aromatic rings. The van der Waals surface area contributed by atoms with E-state index in [1.807, 2.05) is 46.2 Å². The number of nitrogens with zero attached hydrogens (tertiary/aromatic N) is 3. The average molecular weight is 613 g/mol. The number of rotatable bonds is 3. The summed E-state index contributed by atoms with van der Waals surface area (Å²) in [5.41, 5.74) is 4.35. The van der Waals surface area contributed by atoms with Gasteiger partial charge in [-0.1, -0.05) is 41.7 Å². The highest BCUT2D eigenvalue weighted by atomic mass is 127. The van der Waals surface area contributed by atoms with Crippen molar-refractivity contribution in [3.63, 3.8) is 0 Å². The van der Waals surface area contributed by atoms with E-state index in [-0.39, 0.29) is 23.0 Å². The molecule has 174 valence electrons. The monoisotopic (exact) mass is 613 g/mol. The Bertz CT molecular complexity index is 1740. The van der Waals surface area contributed by atoms with E-state index in [0.717, 1.165) is 34.6 Å². The molecule has 0 saturated heterocycles. The molecule has 0 radical (unpaired) electrons. The Morgan fingerprint density at radius 3 is 2.80 bits per heavy atom. The Balaban J connectivity index is 1.60. The fourth-order valence-electron chi connectivity index (χ4n) is 4.70. The van der Waals surface area contributed by atoms with Crippen molar-refractivity contribution in [2.75, 3.05) is 0 Å². The lowest BCUT2D eigenvalue weighted by molar-refractivity contribution is -0.386. The van der Waals surface area contributed by atoms with E-state index in [1.54, 1.807) is 28.0 Å². The third-order valence-electron chi connectivity index (χ3n) is 6.25. The van der Waals surface area contributed by atoms with Gasteiger partial charge in [-0.2, -0.15) is 0 Å². The number of allylic oxidation sites excluding steroid dienone is 1. The summed E-state index contributed by atoms with van der Waals surface area (Å²) < 4.78 is 2.54. The Hall–Kier alpha value is -3.09. The fourth-order valence-corrected chi connectivity index (χ4v) is 7.18. The van der Waals surface area contributed by atoms with Crippen LogP contribution in [0.3, 0.4) is 0 Å². The molecule has 2 aromatic carbocycles. The van der Waals surface area contributed by atoms with Crippen LogP contribution in [0.1, 0.15) is 34.0 Å². The molecule has 10 heteroatoms. The molecule has 0 spiro atoms. The van der Waals surface area contributed by atoms with E-state index < -0.39 is 4.92 Å². The van der Waals surface area contributed by atoms with Crippen LogP contribution in [0.4, 0.5) is 5.69 Å². The number of hydrogen-bond donors (Lipinski definition) is 1. The Labute approximate surface area is 220 Å². The largest absolute Gasteiger partial charge is 0.501 e. The molecule has 35 heavy (non-hydrogen) atoms. The number of phenols is 1. The summed E-state index contributed by atoms with van der Waals surface area (Å²) in [6.07, 6.45) is 3.36. The minimum Gasteiger partial charge on any atom is -0.501 e. The summed E-state index contributed by atoms with van der Waals surface area (Å²) in [5, 5.41) is 23.4. The van der Waals surface area contributed by atoms with Crippen LogP contribution in [0.15, 0.2) is 69.3 Å². The van der Waals surface area contributed by atoms with Gasteiger partial charge in [-0.25, -0.2) is 4.99 Å². The number of fused-ring (bicyclic) bond motifs is 3. The molecule has 6 rings (SSSR count). The number of thiazole rings is 1. The zero-order chi connectivity index (χ0) is 24.3. The molecule has 0 saturated carbocycles. The predicted molar refractivity (Wildman–Crippen MR) is 145 cm³/mol. The van der Waals surface area contributed by atoms with Crippen molar-refractivity contribution in [3.05, 3.63) is 114 Å². The molecule has 1 N–H and O–H groups in total. The molecule has 0 unspecified atom stereocenters. The van der Waals surface area contributed by atoms with E-state index in [4.69, 9.17) is 4.99 Å². The van der Waals surface area contributed by atoms with E-state index in [1.165, 1.54) is 23.0 Å². The minimum atomic E-state index is -0.626. The maximum atomic E-state index is 13.7. The third-order valence-corrected chi connectivity index (χ3v) is 8.98. The SMILES string of the molecule is O=c1/c(=C\c2cc(I)c(O)c([N+](=O)[O-])c2)sc2n1[C@@H](c1cccs1)C1=C(N=2)c2ccccc2CC1. The average Bonchev–Trinajstić information content (AvgIpc) is 3.48. The molecule has 1 aliphatic carbocycles. The standard InChI is InChI=1S/C25H16IN3O4S2/c26-17-10-13(11-18(23(17)30)29(32)33)12-20-24(31)28-22(19-6-3-9-34-19)16-8-7-14-4-1-2-5-15(14)21(16)27-25(28)35-20/h1-6,9-12,22,30H,7-8H2/b20-12+/t22-/m1/s1. The van der Waals surface area contributed by atoms with Crippen LogP contribution in [0, 0.1) is 13.7 Å². The Morgan fingerprint density at radius 1 is 1.20 bits per heavy atom. The van der Waals surface area contributed by atoms with E-state index in [0.29, 0.717) is 18.5 Å². The van der Waals surface area contributed by atoms with Gasteiger partial charge in [0.05, 0.1) is 24.8 Å². The molecule has 2 aromatic heterocycles. The highest BCUT2D eigenvalue weighted by molar-refractivity contribution is 14.1. The summed E-state index contributed by atoms with van der Waals surface area (Å²) in [5.74, 6) is -0.377. The van der Waals surface area contributed by atoms with E-state index in [9.17, 15) is 20.0 Å². The van der Waals surface area contributed by atoms with Gasteiger partial charge in [0.2, 0.25) is 5.75 Å². The lowest BCUT2D eigenvalue weighted by Crippen LogP contribution is -2.38. The van der Waals surface area contributed by atoms with Gasteiger partial charge >= 0.3 is 5.69 Å². The first kappa shape index (κ1) is 22.4. The van der Waals surface area contributed by atoms with Gasteiger partial charge in [-0.15, -0.1) is 11.3 Å². The van der Waals surface area contributed by atoms with E-state index in [2.05, 4.69) is 18.2 Å². The second-order valence-corrected chi connectivity index (χ2v) is 11.4. The molecular formula is C25H16IN3O4S2. The highest BCUT2D eigenvalue weighted by Crippen LogP contribution is 2.42. The third kappa shape index (κ3) is 3.67. The number of aromatic hydroxyl groups is 1. The molecule has 7 nitrogen and oxygen atoms in total. The molecule has 0 amide bonds. The smallest absolute Gasteiger partial charge is 0.312 e. The second-order valence-electron chi connectivity index (χ2n) is 8.26. The second kappa shape index (κ2) is 8.54. The van der Waals surface area contributed by atoms with Crippen molar-refractivity contribution < 1.29 is 10.0 Å². The zero-order valence-electron chi connectivity index (χ0n) is 18.0. The van der Waals surface area contributed by atoms with Crippen LogP contribution in [-0.4, -0.2) is 14.6 Å². The van der Waals surface area contributed by atoms with Crippen molar-refractivity contribution in [3.8, 4) is 5.75 Å². The number of benzene rings is 2. The van der Waals surface area contributed by atoms with Crippen LogP contribution in [0.2, 0.25) is 0 Å². The number of halogens is 1. The van der Waals surface area contributed by atoms with Gasteiger partial charge in [0, 0.05) is 16.5 Å². The number of hydrogen-bond acceptors (Lipinski definition) is 7. The van der Waals surface area contributed by atoms with Crippen LogP contribution in [0.5, 0.6) is 5.75 Å². The summed E-state index contributed by atoms with van der Waals surface area (Å²) >= 11 is 4.74. The van der Waals surface area contributed by atoms with Crippen LogP contribution < -0.4 is 14.9 Å². The Morgan fingerprint density at radius 2 is 2.03 bits per heavy atom. The summed E-state index contributed by atoms with van der Waals surface area (Å²) in [7, 11) is 0. The summed E-state index contributed by atoms with van der Waals surface area (Å²) in [6.45, 7) is 0. The molecule has 3 heterocycles. The molecule has 0 bridgehead atoms. The summed E-state index contributed by atoms with van der Waals surface area (Å²) in [4.78, 5) is 31.1. The van der Waals surface area contributed by atoms with E-state index >= 15 is 0 Å². The van der Waals surface area contributed by atoms with Gasteiger partial charge < -0.3 is 5.11 Å². The van der Waals surface area contributed by atoms with Crippen molar-refractivity contribution in [1.29, 1.82) is 0 Å². The maximum absolute atomic E-state index is 13.7. The lowest BCUT2D eigenvalue weighted by Gasteiger charge is -2.30. The molecular weight excluding hydrogens is 597 g/mol. The molecule has 1 atom stereocenters. The topological polar surface area (TPSA) is 97.7 Å². The zero-order valence-corrected chi connectivity index (χ0v) is 21.8. The number of phenolic OH excluding ortho intramolecular Hbond substituents is 1. The Kier molecular flexibility index (Phi) is 5.46. The molecule has 2 aliphatic rings. The quantitative estimate of drug-likeness (QED) is 0.208. The number of nitro benzene ring substituents is 1. The van der Waals surface area contributed by atoms with Crippen molar-refractivity contribution in [2.45, 2.75) is 18.9 Å². The number of nitro groups is 1. The van der Waals surface area contributed by atoms with Crippen molar-refractivity contribution in [2.24, 2.45) is 4.99 Å². The van der Waals surface area contributed by atoms with Gasteiger partial charge in [0.25, 0.3) is 5.56 Å². The first-order chi connectivity index (χ1) is 16.9. The van der Waals surface area contributed by atoms with Gasteiger partial charge in [0.1, 0.15) is 0 Å². The molecule has 1 aliphatic heterocycles. The van der Waals surface area contributed by atoms with Gasteiger partial charge in [0.15, 0.2) is 4.80 Å². The first-order valence-electron chi connectivity index (χ1n) is 10.8. The van der Waals surface area contributed by atoms with Crippen LogP contribution in [-0.2, 0) is 6.42 Å². The number of thiophene rings is 1. The van der Waals surface area contributed by atoms with Crippen LogP contribution in [0.25, 0.3) is 11.8 Å². The first-order valence-corrected chi connectivity index (χ1v) is 13.5. The van der Waals surface area contributed by atoms with Gasteiger partial charge in [-0.3, -0.25) is 19.5 Å². The predicted octanol–water partition coefficient (Wildman–Crippen LogP) is 4.60. The minimum absolute atomic E-state index is 0.178. The van der Waals surface area contributed by atoms with Crippen molar-refractivity contribution >= 4 is 62.7 Å². The van der Waals surface area contributed by atoms with Crippen LogP contribution >= 0.6 is 45.3 Å². The number of aryl methyl sites for hydroxylation is 1. The normalized spacial score (nSPS) is 16.9. The number of aromatic nitrogens is 1. The molecule has 0 fully saturated rings. The fraction of sp³-hybridized carbons (Fsp3) is 0.120. The maximum Gasteiger partial charge on any atom is 0.312 e.